The zero-order valence-electron chi connectivity index (χ0n) is 16.7. The van der Waals surface area contributed by atoms with E-state index in [4.69, 9.17) is 16.3 Å². The summed E-state index contributed by atoms with van der Waals surface area (Å²) < 4.78 is 6.95. The van der Waals surface area contributed by atoms with Gasteiger partial charge in [0.2, 0.25) is 0 Å². The van der Waals surface area contributed by atoms with Crippen LogP contribution in [0.5, 0.6) is 5.75 Å². The molecule has 3 aromatic carbocycles. The van der Waals surface area contributed by atoms with Crippen molar-refractivity contribution in [2.24, 2.45) is 0 Å². The van der Waals surface area contributed by atoms with Crippen LogP contribution in [0.1, 0.15) is 17.3 Å². The summed E-state index contributed by atoms with van der Waals surface area (Å²) >= 11 is 7.24. The van der Waals surface area contributed by atoms with Crippen LogP contribution in [-0.2, 0) is 0 Å². The number of hydrogen-bond acceptors (Lipinski definition) is 5. The lowest BCUT2D eigenvalue weighted by Gasteiger charge is -2.13. The summed E-state index contributed by atoms with van der Waals surface area (Å²) in [6.07, 6.45) is 0. The van der Waals surface area contributed by atoms with Crippen molar-refractivity contribution in [1.29, 1.82) is 0 Å². The molecule has 4 rings (SSSR count). The van der Waals surface area contributed by atoms with Gasteiger partial charge in [-0.1, -0.05) is 35.5 Å². The summed E-state index contributed by atoms with van der Waals surface area (Å²) in [5.74, 6) is 0.810. The van der Waals surface area contributed by atoms with Gasteiger partial charge in [0.05, 0.1) is 29.0 Å². The summed E-state index contributed by atoms with van der Waals surface area (Å²) in [4.78, 5) is 30.6. The Balaban J connectivity index is 1.67. The molecule has 0 aliphatic rings. The van der Waals surface area contributed by atoms with Gasteiger partial charge in [0.1, 0.15) is 5.75 Å². The zero-order valence-corrected chi connectivity index (χ0v) is 18.3. The van der Waals surface area contributed by atoms with Crippen LogP contribution < -0.4 is 10.3 Å². The molecule has 1 aromatic heterocycles. The molecule has 0 amide bonds. The van der Waals surface area contributed by atoms with Crippen molar-refractivity contribution in [2.45, 2.75) is 12.1 Å². The van der Waals surface area contributed by atoms with E-state index in [-0.39, 0.29) is 17.1 Å². The number of carbonyl (C=O) groups excluding carboxylic acids is 1. The fraction of sp³-hybridized carbons (Fsp3) is 0.125. The van der Waals surface area contributed by atoms with E-state index < -0.39 is 0 Å². The predicted molar refractivity (Wildman–Crippen MR) is 125 cm³/mol. The Kier molecular flexibility index (Phi) is 6.39. The molecule has 156 valence electrons. The van der Waals surface area contributed by atoms with E-state index in [1.54, 1.807) is 66.7 Å². The minimum absolute atomic E-state index is 0.0573. The van der Waals surface area contributed by atoms with Crippen LogP contribution in [0.25, 0.3) is 16.6 Å². The Morgan fingerprint density at radius 1 is 1.03 bits per heavy atom. The maximum absolute atomic E-state index is 13.2. The van der Waals surface area contributed by atoms with Crippen molar-refractivity contribution in [3.05, 3.63) is 93.7 Å². The number of rotatable bonds is 7. The Hall–Kier alpha value is -3.09. The van der Waals surface area contributed by atoms with Crippen LogP contribution in [0.2, 0.25) is 5.02 Å². The number of carbonyl (C=O) groups is 1. The number of Topliss-reactive ketones (excluding diaryl/α,β-unsaturated/α-hetero) is 1. The molecule has 0 aliphatic heterocycles. The molecule has 0 unspecified atom stereocenters. The summed E-state index contributed by atoms with van der Waals surface area (Å²) in [6, 6.07) is 21.2. The lowest BCUT2D eigenvalue weighted by atomic mass is 10.1. The lowest BCUT2D eigenvalue weighted by Crippen LogP contribution is -2.22. The molecular weight excluding hydrogens is 432 g/mol. The van der Waals surface area contributed by atoms with Crippen LogP contribution in [-0.4, -0.2) is 27.7 Å². The highest BCUT2D eigenvalue weighted by molar-refractivity contribution is 7.99. The van der Waals surface area contributed by atoms with E-state index in [0.29, 0.717) is 38.9 Å². The quantitative estimate of drug-likeness (QED) is 0.214. The third-order valence-corrected chi connectivity index (χ3v) is 5.84. The number of ether oxygens (including phenoxy) is 1. The van der Waals surface area contributed by atoms with Crippen LogP contribution >= 0.6 is 23.4 Å². The summed E-state index contributed by atoms with van der Waals surface area (Å²) in [5, 5.41) is 1.54. The largest absolute Gasteiger partial charge is 0.494 e. The molecule has 0 saturated heterocycles. The van der Waals surface area contributed by atoms with Gasteiger partial charge in [-0.05, 0) is 67.6 Å². The number of hydrogen-bond donors (Lipinski definition) is 0. The minimum atomic E-state index is -0.191. The molecule has 0 aliphatic carbocycles. The maximum atomic E-state index is 13.2. The van der Waals surface area contributed by atoms with Gasteiger partial charge < -0.3 is 4.74 Å². The molecule has 0 spiro atoms. The molecule has 0 fully saturated rings. The average Bonchev–Trinajstić information content (AvgIpc) is 2.79. The SMILES string of the molecule is CCOc1ccc(C(=O)CSc2nc3ccccc3c(=O)n2-c2ccc(Cl)cc2)cc1. The third-order valence-electron chi connectivity index (χ3n) is 4.65. The van der Waals surface area contributed by atoms with Crippen molar-refractivity contribution in [1.82, 2.24) is 9.55 Å². The average molecular weight is 451 g/mol. The Bertz CT molecular complexity index is 1290. The fourth-order valence-electron chi connectivity index (χ4n) is 3.14. The monoisotopic (exact) mass is 450 g/mol. The zero-order chi connectivity index (χ0) is 21.8. The van der Waals surface area contributed by atoms with Crippen LogP contribution in [0.4, 0.5) is 0 Å². The first-order valence-electron chi connectivity index (χ1n) is 9.73. The summed E-state index contributed by atoms with van der Waals surface area (Å²) in [5.41, 5.74) is 1.62. The highest BCUT2D eigenvalue weighted by Gasteiger charge is 2.15. The molecule has 4 aromatic rings. The van der Waals surface area contributed by atoms with Crippen molar-refractivity contribution >= 4 is 40.0 Å². The standard InChI is InChI=1S/C24H19ClN2O3S/c1-2-30-19-13-7-16(8-14-19)22(28)15-31-24-26-21-6-4-3-5-20(21)23(29)27(24)18-11-9-17(25)10-12-18/h3-14H,2,15H2,1H3. The second kappa shape index (κ2) is 9.37. The minimum Gasteiger partial charge on any atom is -0.494 e. The van der Waals surface area contributed by atoms with E-state index in [9.17, 15) is 9.59 Å². The van der Waals surface area contributed by atoms with Gasteiger partial charge in [0.15, 0.2) is 10.9 Å². The van der Waals surface area contributed by atoms with E-state index in [1.165, 1.54) is 16.3 Å². The van der Waals surface area contributed by atoms with Gasteiger partial charge >= 0.3 is 0 Å². The third kappa shape index (κ3) is 4.65. The fourth-order valence-corrected chi connectivity index (χ4v) is 4.18. The smallest absolute Gasteiger partial charge is 0.266 e. The predicted octanol–water partition coefficient (Wildman–Crippen LogP) is 5.41. The second-order valence-corrected chi connectivity index (χ2v) is 8.08. The van der Waals surface area contributed by atoms with Gasteiger partial charge in [-0.25, -0.2) is 4.98 Å². The van der Waals surface area contributed by atoms with Gasteiger partial charge in [-0.3, -0.25) is 14.2 Å². The van der Waals surface area contributed by atoms with Crippen molar-refractivity contribution in [3.8, 4) is 11.4 Å². The first kappa shape index (κ1) is 21.2. The number of ketones is 1. The molecule has 0 saturated carbocycles. The molecule has 0 N–H and O–H groups in total. The van der Waals surface area contributed by atoms with E-state index in [1.807, 2.05) is 13.0 Å². The van der Waals surface area contributed by atoms with Crippen LogP contribution in [0.3, 0.4) is 0 Å². The number of fused-ring (bicyclic) bond motifs is 1. The van der Waals surface area contributed by atoms with E-state index in [2.05, 4.69) is 4.98 Å². The number of halogens is 1. The number of para-hydroxylation sites is 1. The molecule has 0 bridgehead atoms. The molecule has 5 nitrogen and oxygen atoms in total. The first-order chi connectivity index (χ1) is 15.1. The summed E-state index contributed by atoms with van der Waals surface area (Å²) in [7, 11) is 0. The molecule has 0 atom stereocenters. The van der Waals surface area contributed by atoms with Gasteiger partial charge in [0.25, 0.3) is 5.56 Å². The highest BCUT2D eigenvalue weighted by Crippen LogP contribution is 2.23. The molecular formula is C24H19ClN2O3S. The number of nitrogens with zero attached hydrogens (tertiary/aromatic N) is 2. The van der Waals surface area contributed by atoms with Crippen LogP contribution in [0, 0.1) is 0 Å². The molecule has 0 radical (unpaired) electrons. The molecule has 7 heteroatoms. The van der Waals surface area contributed by atoms with Crippen LogP contribution in [0.15, 0.2) is 82.7 Å². The Labute approximate surface area is 188 Å². The topological polar surface area (TPSA) is 61.2 Å². The maximum Gasteiger partial charge on any atom is 0.266 e. The summed E-state index contributed by atoms with van der Waals surface area (Å²) in [6.45, 7) is 2.48. The van der Waals surface area contributed by atoms with Gasteiger partial charge in [-0.2, -0.15) is 0 Å². The van der Waals surface area contributed by atoms with E-state index in [0.717, 1.165) is 5.75 Å². The molecule has 1 heterocycles. The van der Waals surface area contributed by atoms with Gasteiger partial charge in [0, 0.05) is 10.6 Å². The highest BCUT2D eigenvalue weighted by atomic mass is 35.5. The van der Waals surface area contributed by atoms with Crippen molar-refractivity contribution < 1.29 is 9.53 Å². The second-order valence-electron chi connectivity index (χ2n) is 6.70. The van der Waals surface area contributed by atoms with Crippen molar-refractivity contribution in [3.63, 3.8) is 0 Å². The lowest BCUT2D eigenvalue weighted by molar-refractivity contribution is 0.102. The number of benzene rings is 3. The number of thioether (sulfide) groups is 1. The van der Waals surface area contributed by atoms with E-state index >= 15 is 0 Å². The Morgan fingerprint density at radius 2 is 1.74 bits per heavy atom. The Morgan fingerprint density at radius 3 is 2.45 bits per heavy atom. The first-order valence-corrected chi connectivity index (χ1v) is 11.1. The van der Waals surface area contributed by atoms with Crippen molar-refractivity contribution in [2.75, 3.05) is 12.4 Å². The number of aromatic nitrogens is 2. The molecule has 31 heavy (non-hydrogen) atoms. The van der Waals surface area contributed by atoms with Gasteiger partial charge in [-0.15, -0.1) is 0 Å². The normalized spacial score (nSPS) is 10.9.